The van der Waals surface area contributed by atoms with E-state index in [2.05, 4.69) is 19.2 Å². The summed E-state index contributed by atoms with van der Waals surface area (Å²) in [5.41, 5.74) is 1.82. The number of amides is 1. The Morgan fingerprint density at radius 1 is 0.970 bits per heavy atom. The van der Waals surface area contributed by atoms with Crippen molar-refractivity contribution in [2.75, 3.05) is 13.1 Å². The third-order valence-corrected chi connectivity index (χ3v) is 4.76. The van der Waals surface area contributed by atoms with Crippen LogP contribution in [-0.2, 0) is 10.2 Å². The van der Waals surface area contributed by atoms with Gasteiger partial charge in [-0.2, -0.15) is 13.7 Å². The van der Waals surface area contributed by atoms with Crippen LogP contribution in [0.2, 0.25) is 0 Å². The van der Waals surface area contributed by atoms with Crippen molar-refractivity contribution in [3.05, 3.63) is 83.9 Å². The number of hydrogen-bond donors (Lipinski definition) is 3. The fraction of sp³-hybridized carbons (Fsp3) is 0.167. The van der Waals surface area contributed by atoms with E-state index in [0.717, 1.165) is 24.2 Å². The zero-order chi connectivity index (χ0) is 24.3. The number of hydrogen-bond acceptors (Lipinski definition) is 6. The maximum atomic E-state index is 11.9. The molecule has 1 amide bonds. The number of nitrogens with one attached hydrogen (secondary N) is 2. The summed E-state index contributed by atoms with van der Waals surface area (Å²) in [6.07, 6.45) is 0. The first-order valence-corrected chi connectivity index (χ1v) is 11.8. The van der Waals surface area contributed by atoms with Gasteiger partial charge in [0.05, 0.1) is 5.56 Å². The number of ether oxygens (including phenoxy) is 1. The van der Waals surface area contributed by atoms with Crippen LogP contribution in [0.3, 0.4) is 0 Å². The maximum absolute atomic E-state index is 11.9. The number of para-hydroxylation sites is 1. The highest BCUT2D eigenvalue weighted by molar-refractivity contribution is 7.87. The maximum Gasteiger partial charge on any atom is 0.298 e. The molecule has 0 aliphatic rings. The van der Waals surface area contributed by atoms with Crippen molar-refractivity contribution in [2.45, 2.75) is 13.8 Å². The van der Waals surface area contributed by atoms with Gasteiger partial charge in [-0.3, -0.25) is 4.79 Å². The lowest BCUT2D eigenvalue weighted by atomic mass is 10.0. The summed E-state index contributed by atoms with van der Waals surface area (Å²) in [5.74, 6) is -0.166. The quantitative estimate of drug-likeness (QED) is 0.487. The number of benzene rings is 3. The highest BCUT2D eigenvalue weighted by atomic mass is 32.2. The van der Waals surface area contributed by atoms with Gasteiger partial charge in [0.25, 0.3) is 16.1 Å². The molecule has 3 aromatic carbocycles. The van der Waals surface area contributed by atoms with Gasteiger partial charge in [0.2, 0.25) is 0 Å². The van der Waals surface area contributed by atoms with Crippen LogP contribution in [0.1, 0.15) is 29.8 Å². The van der Waals surface area contributed by atoms with Gasteiger partial charge in [0.1, 0.15) is 17.6 Å². The molecule has 3 aromatic rings. The lowest BCUT2D eigenvalue weighted by Gasteiger charge is -2.13. The molecule has 0 fully saturated rings. The van der Waals surface area contributed by atoms with E-state index in [9.17, 15) is 18.5 Å². The van der Waals surface area contributed by atoms with Crippen molar-refractivity contribution in [3.63, 3.8) is 0 Å². The summed E-state index contributed by atoms with van der Waals surface area (Å²) >= 11 is 0. The Labute approximate surface area is 194 Å². The first-order chi connectivity index (χ1) is 15.8. The average Bonchev–Trinajstić information content (AvgIpc) is 2.80. The Hall–Kier alpha value is -3.71. The predicted molar refractivity (Wildman–Crippen MR) is 128 cm³/mol. The Balaban J connectivity index is 0.000000696. The summed E-state index contributed by atoms with van der Waals surface area (Å²) in [5, 5.41) is 17.3. The van der Waals surface area contributed by atoms with Gasteiger partial charge in [-0.05, 0) is 42.9 Å². The third-order valence-electron chi connectivity index (χ3n) is 4.29. The minimum absolute atomic E-state index is 0.0331. The molecule has 0 atom stereocenters. The molecular formula is C24H26N4O4S. The summed E-state index contributed by atoms with van der Waals surface area (Å²) < 4.78 is 29.6. The van der Waals surface area contributed by atoms with E-state index in [0.29, 0.717) is 5.75 Å². The van der Waals surface area contributed by atoms with E-state index in [1.807, 2.05) is 54.6 Å². The molecule has 0 heterocycles. The van der Waals surface area contributed by atoms with E-state index < -0.39 is 16.1 Å². The van der Waals surface area contributed by atoms with Crippen LogP contribution in [0.5, 0.6) is 11.5 Å². The highest BCUT2D eigenvalue weighted by Gasteiger charge is 2.15. The SMILES string of the molecule is CCNCC.N#Cc1cc(C(=O)NS(N)(=O)=O)ccc1Oc1ccccc1-c1ccccc1. The van der Waals surface area contributed by atoms with Gasteiger partial charge in [0, 0.05) is 11.1 Å². The summed E-state index contributed by atoms with van der Waals surface area (Å²) in [7, 11) is -4.20. The third kappa shape index (κ3) is 8.05. The number of rotatable bonds is 7. The number of nitrogens with zero attached hydrogens (tertiary/aromatic N) is 1. The molecule has 9 heteroatoms. The standard InChI is InChI=1S/C20H15N3O4S.C4H11N/c21-13-16-12-15(20(24)23-28(22,25)26)10-11-18(16)27-19-9-5-4-8-17(19)14-6-2-1-3-7-14;1-3-5-4-2/h1-12H,(H,23,24)(H2,22,25,26);5H,3-4H2,1-2H3. The number of nitriles is 1. The second kappa shape index (κ2) is 12.4. The van der Waals surface area contributed by atoms with Crippen LogP contribution >= 0.6 is 0 Å². The van der Waals surface area contributed by atoms with Crippen LogP contribution in [-0.4, -0.2) is 27.4 Å². The van der Waals surface area contributed by atoms with Crippen LogP contribution in [0.25, 0.3) is 11.1 Å². The molecule has 8 nitrogen and oxygen atoms in total. The van der Waals surface area contributed by atoms with Crippen LogP contribution < -0.4 is 19.9 Å². The first kappa shape index (κ1) is 25.5. The zero-order valence-corrected chi connectivity index (χ0v) is 19.2. The summed E-state index contributed by atoms with van der Waals surface area (Å²) in [6.45, 7) is 6.39. The lowest BCUT2D eigenvalue weighted by Crippen LogP contribution is -2.35. The monoisotopic (exact) mass is 466 g/mol. The molecule has 0 aromatic heterocycles. The molecule has 172 valence electrons. The normalized spacial score (nSPS) is 10.4. The molecule has 3 rings (SSSR count). The molecule has 0 unspecified atom stereocenters. The molecule has 0 spiro atoms. The molecule has 33 heavy (non-hydrogen) atoms. The predicted octanol–water partition coefficient (Wildman–Crippen LogP) is 3.57. The lowest BCUT2D eigenvalue weighted by molar-refractivity contribution is 0.0981. The largest absolute Gasteiger partial charge is 0.455 e. The van der Waals surface area contributed by atoms with Gasteiger partial charge < -0.3 is 10.1 Å². The summed E-state index contributed by atoms with van der Waals surface area (Å²) in [6, 6.07) is 22.9. The molecule has 0 saturated carbocycles. The van der Waals surface area contributed by atoms with Crippen molar-refractivity contribution < 1.29 is 17.9 Å². The molecule has 0 radical (unpaired) electrons. The van der Waals surface area contributed by atoms with Gasteiger partial charge in [-0.1, -0.05) is 62.4 Å². The first-order valence-electron chi connectivity index (χ1n) is 10.2. The van der Waals surface area contributed by atoms with Gasteiger partial charge >= 0.3 is 0 Å². The highest BCUT2D eigenvalue weighted by Crippen LogP contribution is 2.34. The molecular weight excluding hydrogens is 440 g/mol. The van der Waals surface area contributed by atoms with Crippen molar-refractivity contribution in [2.24, 2.45) is 5.14 Å². The van der Waals surface area contributed by atoms with Gasteiger partial charge in [-0.25, -0.2) is 9.86 Å². The Morgan fingerprint density at radius 2 is 1.61 bits per heavy atom. The minimum atomic E-state index is -4.20. The Bertz CT molecular complexity index is 1220. The van der Waals surface area contributed by atoms with E-state index >= 15 is 0 Å². The zero-order valence-electron chi connectivity index (χ0n) is 18.4. The van der Waals surface area contributed by atoms with Crippen LogP contribution in [0.4, 0.5) is 0 Å². The van der Waals surface area contributed by atoms with Crippen molar-refractivity contribution in [1.82, 2.24) is 10.0 Å². The smallest absolute Gasteiger partial charge is 0.298 e. The van der Waals surface area contributed by atoms with Gasteiger partial charge in [-0.15, -0.1) is 0 Å². The van der Waals surface area contributed by atoms with Crippen molar-refractivity contribution >= 4 is 16.1 Å². The van der Waals surface area contributed by atoms with E-state index in [4.69, 9.17) is 9.88 Å². The topological polar surface area (TPSA) is 134 Å². The molecule has 0 bridgehead atoms. The number of carbonyl (C=O) groups excluding carboxylic acids is 1. The molecule has 0 aliphatic carbocycles. The van der Waals surface area contributed by atoms with Crippen molar-refractivity contribution in [1.29, 1.82) is 5.26 Å². The van der Waals surface area contributed by atoms with E-state index in [1.54, 1.807) is 10.8 Å². The second-order valence-electron chi connectivity index (χ2n) is 6.72. The number of nitrogens with two attached hydrogens (primary N) is 1. The Kier molecular flexibility index (Phi) is 9.57. The summed E-state index contributed by atoms with van der Waals surface area (Å²) in [4.78, 5) is 11.9. The number of carbonyl (C=O) groups is 1. The van der Waals surface area contributed by atoms with Crippen LogP contribution in [0.15, 0.2) is 72.8 Å². The fourth-order valence-electron chi connectivity index (χ4n) is 2.82. The molecule has 0 aliphatic heterocycles. The second-order valence-corrected chi connectivity index (χ2v) is 8.01. The Morgan fingerprint density at radius 3 is 2.18 bits per heavy atom. The molecule has 4 N–H and O–H groups in total. The van der Waals surface area contributed by atoms with E-state index in [1.165, 1.54) is 18.2 Å². The average molecular weight is 467 g/mol. The fourth-order valence-corrected chi connectivity index (χ4v) is 3.19. The van der Waals surface area contributed by atoms with Crippen molar-refractivity contribution in [3.8, 4) is 28.7 Å². The van der Waals surface area contributed by atoms with Crippen LogP contribution in [0, 0.1) is 11.3 Å². The molecule has 0 saturated heterocycles. The van der Waals surface area contributed by atoms with Gasteiger partial charge in [0.15, 0.2) is 0 Å². The minimum Gasteiger partial charge on any atom is -0.455 e. The van der Waals surface area contributed by atoms with E-state index in [-0.39, 0.29) is 16.9 Å².